The average molecular weight is 284 g/mol. The molecule has 4 N–H and O–H groups in total. The maximum absolute atomic E-state index is 11.8. The van der Waals surface area contributed by atoms with Crippen LogP contribution >= 0.6 is 11.6 Å². The van der Waals surface area contributed by atoms with E-state index >= 15 is 0 Å². The summed E-state index contributed by atoms with van der Waals surface area (Å²) in [4.78, 5) is 23.1. The van der Waals surface area contributed by atoms with Crippen LogP contribution in [0.3, 0.4) is 0 Å². The molecule has 0 atom stereocenters. The first-order valence-corrected chi connectivity index (χ1v) is 6.52. The van der Waals surface area contributed by atoms with E-state index in [4.69, 9.17) is 17.3 Å². The van der Waals surface area contributed by atoms with Crippen LogP contribution in [0.15, 0.2) is 18.2 Å². The molecule has 0 aliphatic rings. The Labute approximate surface area is 117 Å². The average Bonchev–Trinajstić information content (AvgIpc) is 2.39. The molecular weight excluding hydrogens is 266 g/mol. The van der Waals surface area contributed by atoms with Crippen LogP contribution in [0.25, 0.3) is 0 Å². The first-order chi connectivity index (χ1) is 9.04. The second-order valence-corrected chi connectivity index (χ2v) is 4.50. The summed E-state index contributed by atoms with van der Waals surface area (Å²) >= 11 is 5.83. The van der Waals surface area contributed by atoms with E-state index in [2.05, 4.69) is 10.6 Å². The summed E-state index contributed by atoms with van der Waals surface area (Å²) < 4.78 is 0. The summed E-state index contributed by atoms with van der Waals surface area (Å²) in [5, 5.41) is 5.73. The van der Waals surface area contributed by atoms with E-state index in [9.17, 15) is 9.59 Å². The lowest BCUT2D eigenvalue weighted by Crippen LogP contribution is -2.31. The van der Waals surface area contributed by atoms with E-state index in [-0.39, 0.29) is 24.8 Å². The number of halogens is 1. The minimum atomic E-state index is -0.273. The van der Waals surface area contributed by atoms with Crippen molar-refractivity contribution in [2.45, 2.75) is 19.8 Å². The van der Waals surface area contributed by atoms with Crippen molar-refractivity contribution < 1.29 is 9.59 Å². The Morgan fingerprint density at radius 1 is 1.26 bits per heavy atom. The largest absolute Gasteiger partial charge is 0.398 e. The molecule has 0 aliphatic heterocycles. The Bertz CT molecular complexity index is 463. The van der Waals surface area contributed by atoms with Crippen LogP contribution in [-0.2, 0) is 4.79 Å². The molecule has 1 aromatic carbocycles. The van der Waals surface area contributed by atoms with Crippen LogP contribution in [0.4, 0.5) is 5.69 Å². The highest BCUT2D eigenvalue weighted by atomic mass is 35.5. The number of hydrogen-bond acceptors (Lipinski definition) is 3. The summed E-state index contributed by atoms with van der Waals surface area (Å²) in [7, 11) is 0. The van der Waals surface area contributed by atoms with Crippen LogP contribution in [0.5, 0.6) is 0 Å². The third-order valence-corrected chi connectivity index (χ3v) is 2.80. The molecule has 5 nitrogen and oxygen atoms in total. The zero-order chi connectivity index (χ0) is 14.3. The minimum Gasteiger partial charge on any atom is -0.398 e. The summed E-state index contributed by atoms with van der Waals surface area (Å²) in [5.41, 5.74) is 6.41. The zero-order valence-electron chi connectivity index (χ0n) is 10.8. The van der Waals surface area contributed by atoms with Crippen molar-refractivity contribution in [3.8, 4) is 0 Å². The third kappa shape index (κ3) is 5.18. The van der Waals surface area contributed by atoms with Gasteiger partial charge in [0.05, 0.1) is 10.7 Å². The molecule has 0 aliphatic carbocycles. The van der Waals surface area contributed by atoms with Gasteiger partial charge < -0.3 is 16.4 Å². The lowest BCUT2D eigenvalue weighted by atomic mass is 10.2. The van der Waals surface area contributed by atoms with E-state index in [1.165, 1.54) is 6.07 Å². The standard InChI is InChI=1S/C13H18ClN3O2/c1-2-6-16-12(18)5-7-17-13(19)9-3-4-11(15)10(14)8-9/h3-4,8H,2,5-7,15H2,1H3,(H,16,18)(H,17,19). The predicted octanol–water partition coefficient (Wildman–Crippen LogP) is 1.57. The van der Waals surface area contributed by atoms with Gasteiger partial charge in [-0.2, -0.15) is 0 Å². The Hall–Kier alpha value is -1.75. The van der Waals surface area contributed by atoms with Gasteiger partial charge >= 0.3 is 0 Å². The Morgan fingerprint density at radius 3 is 2.63 bits per heavy atom. The van der Waals surface area contributed by atoms with Gasteiger partial charge in [0.15, 0.2) is 0 Å². The fourth-order valence-corrected chi connectivity index (χ4v) is 1.59. The van der Waals surface area contributed by atoms with Gasteiger partial charge in [0.25, 0.3) is 5.91 Å². The van der Waals surface area contributed by atoms with Crippen LogP contribution in [-0.4, -0.2) is 24.9 Å². The summed E-state index contributed by atoms with van der Waals surface area (Å²) in [6, 6.07) is 4.67. The highest BCUT2D eigenvalue weighted by Gasteiger charge is 2.08. The number of nitrogens with two attached hydrogens (primary N) is 1. The van der Waals surface area contributed by atoms with E-state index in [1.54, 1.807) is 12.1 Å². The molecule has 0 radical (unpaired) electrons. The maximum Gasteiger partial charge on any atom is 0.251 e. The molecule has 0 heterocycles. The Morgan fingerprint density at radius 2 is 2.00 bits per heavy atom. The van der Waals surface area contributed by atoms with Crippen LogP contribution < -0.4 is 16.4 Å². The number of nitrogen functional groups attached to an aromatic ring is 1. The molecule has 6 heteroatoms. The second kappa shape index (κ2) is 7.63. The molecule has 19 heavy (non-hydrogen) atoms. The molecular formula is C13H18ClN3O2. The molecule has 1 rings (SSSR count). The molecule has 2 amide bonds. The van der Waals surface area contributed by atoms with Crippen LogP contribution in [0.1, 0.15) is 30.1 Å². The molecule has 0 spiro atoms. The quantitative estimate of drug-likeness (QED) is 0.693. The first-order valence-electron chi connectivity index (χ1n) is 6.14. The number of carbonyl (C=O) groups is 2. The fourth-order valence-electron chi connectivity index (χ4n) is 1.41. The normalized spacial score (nSPS) is 10.0. The van der Waals surface area contributed by atoms with Crippen molar-refractivity contribution in [3.63, 3.8) is 0 Å². The van der Waals surface area contributed by atoms with Crippen LogP contribution in [0.2, 0.25) is 5.02 Å². The van der Waals surface area contributed by atoms with Gasteiger partial charge in [0.2, 0.25) is 5.91 Å². The Balaban J connectivity index is 2.39. The number of nitrogens with one attached hydrogen (secondary N) is 2. The van der Waals surface area contributed by atoms with E-state index in [0.29, 0.717) is 22.8 Å². The molecule has 0 saturated carbocycles. The summed E-state index contributed by atoms with van der Waals surface area (Å²) in [5.74, 6) is -0.345. The highest BCUT2D eigenvalue weighted by molar-refractivity contribution is 6.33. The van der Waals surface area contributed by atoms with Gasteiger partial charge in [-0.15, -0.1) is 0 Å². The molecule has 1 aromatic rings. The summed E-state index contributed by atoms with van der Waals surface area (Å²) in [6.07, 6.45) is 1.15. The van der Waals surface area contributed by atoms with Crippen molar-refractivity contribution in [2.24, 2.45) is 0 Å². The van der Waals surface area contributed by atoms with E-state index in [0.717, 1.165) is 6.42 Å². The number of rotatable bonds is 6. The van der Waals surface area contributed by atoms with Gasteiger partial charge in [0.1, 0.15) is 0 Å². The van der Waals surface area contributed by atoms with E-state index in [1.807, 2.05) is 6.92 Å². The lowest BCUT2D eigenvalue weighted by Gasteiger charge is -2.07. The van der Waals surface area contributed by atoms with Crippen molar-refractivity contribution >= 4 is 29.1 Å². The van der Waals surface area contributed by atoms with Crippen LogP contribution in [0, 0.1) is 0 Å². The van der Waals surface area contributed by atoms with Gasteiger partial charge in [-0.3, -0.25) is 9.59 Å². The van der Waals surface area contributed by atoms with Crippen molar-refractivity contribution in [3.05, 3.63) is 28.8 Å². The van der Waals surface area contributed by atoms with Crippen molar-refractivity contribution in [1.29, 1.82) is 0 Å². The maximum atomic E-state index is 11.8. The number of amides is 2. The molecule has 0 bridgehead atoms. The van der Waals surface area contributed by atoms with Crippen molar-refractivity contribution in [2.75, 3.05) is 18.8 Å². The molecule has 104 valence electrons. The number of carbonyl (C=O) groups excluding carboxylic acids is 2. The minimum absolute atomic E-state index is 0.0718. The molecule has 0 aromatic heterocycles. The monoisotopic (exact) mass is 283 g/mol. The van der Waals surface area contributed by atoms with Gasteiger partial charge in [0, 0.05) is 25.1 Å². The third-order valence-electron chi connectivity index (χ3n) is 2.47. The Kier molecular flexibility index (Phi) is 6.15. The lowest BCUT2D eigenvalue weighted by molar-refractivity contribution is -0.120. The highest BCUT2D eigenvalue weighted by Crippen LogP contribution is 2.19. The van der Waals surface area contributed by atoms with E-state index < -0.39 is 0 Å². The van der Waals surface area contributed by atoms with Gasteiger partial charge in [-0.1, -0.05) is 18.5 Å². The second-order valence-electron chi connectivity index (χ2n) is 4.09. The molecule has 0 unspecified atom stereocenters. The zero-order valence-corrected chi connectivity index (χ0v) is 11.6. The SMILES string of the molecule is CCCNC(=O)CCNC(=O)c1ccc(N)c(Cl)c1. The van der Waals surface area contributed by atoms with Gasteiger partial charge in [-0.05, 0) is 24.6 Å². The predicted molar refractivity (Wildman–Crippen MR) is 76.1 cm³/mol. The van der Waals surface area contributed by atoms with Crippen molar-refractivity contribution in [1.82, 2.24) is 10.6 Å². The molecule has 0 saturated heterocycles. The fraction of sp³-hybridized carbons (Fsp3) is 0.385. The van der Waals surface area contributed by atoms with Gasteiger partial charge in [-0.25, -0.2) is 0 Å². The number of hydrogen-bond donors (Lipinski definition) is 3. The first kappa shape index (κ1) is 15.3. The topological polar surface area (TPSA) is 84.2 Å². The smallest absolute Gasteiger partial charge is 0.251 e. The number of benzene rings is 1. The summed E-state index contributed by atoms with van der Waals surface area (Å²) in [6.45, 7) is 2.92. The number of anilines is 1. The molecule has 0 fully saturated rings.